The molecule has 0 atom stereocenters. The highest BCUT2D eigenvalue weighted by atomic mass is 16.2. The molecule has 1 fully saturated rings. The molecule has 1 heterocycles. The summed E-state index contributed by atoms with van der Waals surface area (Å²) in [7, 11) is 0. The van der Waals surface area contributed by atoms with E-state index in [-0.39, 0.29) is 5.91 Å². The molecule has 1 aliphatic heterocycles. The molecule has 25 heavy (non-hydrogen) atoms. The molecule has 1 saturated heterocycles. The first-order valence-electron chi connectivity index (χ1n) is 8.56. The standard InChI is InChI=1S/C20H24N4O/c1-14-10-15(2)12-17(11-14)23-20(21)22-13-16-5-7-18(8-6-16)24-9-3-4-19(24)25/h5-8,10-12H,3-4,9,13H2,1-2H3,(H3,21,22,23). The molecule has 3 rings (SSSR count). The van der Waals surface area contributed by atoms with Gasteiger partial charge in [-0.2, -0.15) is 0 Å². The molecule has 0 bridgehead atoms. The molecule has 5 heteroatoms. The summed E-state index contributed by atoms with van der Waals surface area (Å²) in [6.07, 6.45) is 1.58. The SMILES string of the molecule is Cc1cc(C)cc(NC(N)=NCc2ccc(N3CCCC3=O)cc2)c1. The van der Waals surface area contributed by atoms with Crippen LogP contribution in [0, 0.1) is 13.8 Å². The van der Waals surface area contributed by atoms with Crippen LogP contribution in [0.25, 0.3) is 0 Å². The van der Waals surface area contributed by atoms with E-state index in [9.17, 15) is 4.79 Å². The number of carbonyl (C=O) groups excluding carboxylic acids is 1. The minimum atomic E-state index is 0.202. The Labute approximate surface area is 148 Å². The van der Waals surface area contributed by atoms with Crippen molar-refractivity contribution >= 4 is 23.2 Å². The summed E-state index contributed by atoms with van der Waals surface area (Å²) >= 11 is 0. The third-order valence-corrected chi connectivity index (χ3v) is 4.25. The lowest BCUT2D eigenvalue weighted by Gasteiger charge is -2.15. The van der Waals surface area contributed by atoms with Crippen molar-refractivity contribution < 1.29 is 4.79 Å². The first-order chi connectivity index (χ1) is 12.0. The summed E-state index contributed by atoms with van der Waals surface area (Å²) < 4.78 is 0. The number of guanidine groups is 1. The molecule has 0 aromatic heterocycles. The Morgan fingerprint density at radius 3 is 2.44 bits per heavy atom. The quantitative estimate of drug-likeness (QED) is 0.664. The lowest BCUT2D eigenvalue weighted by atomic mass is 10.1. The fraction of sp³-hybridized carbons (Fsp3) is 0.300. The van der Waals surface area contributed by atoms with Crippen LogP contribution in [0.1, 0.15) is 29.5 Å². The number of hydrogen-bond acceptors (Lipinski definition) is 2. The van der Waals surface area contributed by atoms with Crippen LogP contribution in [0.15, 0.2) is 47.5 Å². The average molecular weight is 336 g/mol. The maximum atomic E-state index is 11.8. The van der Waals surface area contributed by atoms with Crippen LogP contribution in [-0.4, -0.2) is 18.4 Å². The summed E-state index contributed by atoms with van der Waals surface area (Å²) in [5, 5.41) is 3.13. The number of anilines is 2. The van der Waals surface area contributed by atoms with Gasteiger partial charge in [-0.1, -0.05) is 18.2 Å². The highest BCUT2D eigenvalue weighted by Gasteiger charge is 2.21. The summed E-state index contributed by atoms with van der Waals surface area (Å²) in [5.41, 5.74) is 11.3. The van der Waals surface area contributed by atoms with Crippen molar-refractivity contribution in [3.05, 3.63) is 59.2 Å². The molecule has 0 spiro atoms. The van der Waals surface area contributed by atoms with Gasteiger partial charge in [0.15, 0.2) is 5.96 Å². The number of carbonyl (C=O) groups is 1. The molecular formula is C20H24N4O. The van der Waals surface area contributed by atoms with Crippen molar-refractivity contribution in [2.75, 3.05) is 16.8 Å². The fourth-order valence-corrected chi connectivity index (χ4v) is 3.11. The van der Waals surface area contributed by atoms with Crippen molar-refractivity contribution in [3.63, 3.8) is 0 Å². The molecule has 0 aliphatic carbocycles. The maximum absolute atomic E-state index is 11.8. The Morgan fingerprint density at radius 1 is 1.16 bits per heavy atom. The van der Waals surface area contributed by atoms with E-state index >= 15 is 0 Å². The number of nitrogens with one attached hydrogen (secondary N) is 1. The van der Waals surface area contributed by atoms with E-state index in [4.69, 9.17) is 5.73 Å². The van der Waals surface area contributed by atoms with Crippen molar-refractivity contribution in [3.8, 4) is 0 Å². The van der Waals surface area contributed by atoms with E-state index in [1.165, 1.54) is 11.1 Å². The fourth-order valence-electron chi connectivity index (χ4n) is 3.11. The average Bonchev–Trinajstić information content (AvgIpc) is 2.98. The molecule has 130 valence electrons. The molecular weight excluding hydrogens is 312 g/mol. The van der Waals surface area contributed by atoms with Crippen LogP contribution in [0.5, 0.6) is 0 Å². The number of nitrogens with two attached hydrogens (primary N) is 1. The summed E-state index contributed by atoms with van der Waals surface area (Å²) in [6.45, 7) is 5.41. The first kappa shape index (κ1) is 17.0. The van der Waals surface area contributed by atoms with Gasteiger partial charge < -0.3 is 16.0 Å². The van der Waals surface area contributed by atoms with Gasteiger partial charge >= 0.3 is 0 Å². The zero-order valence-corrected chi connectivity index (χ0v) is 14.7. The molecule has 2 aromatic rings. The van der Waals surface area contributed by atoms with Crippen LogP contribution in [0.4, 0.5) is 11.4 Å². The monoisotopic (exact) mass is 336 g/mol. The van der Waals surface area contributed by atoms with E-state index in [0.717, 1.165) is 29.9 Å². The number of nitrogens with zero attached hydrogens (tertiary/aromatic N) is 2. The smallest absolute Gasteiger partial charge is 0.227 e. The number of rotatable bonds is 4. The number of aryl methyl sites for hydroxylation is 2. The molecule has 3 N–H and O–H groups in total. The molecule has 2 aromatic carbocycles. The van der Waals surface area contributed by atoms with E-state index < -0.39 is 0 Å². The molecule has 0 unspecified atom stereocenters. The topological polar surface area (TPSA) is 70.7 Å². The van der Waals surface area contributed by atoms with Crippen LogP contribution in [-0.2, 0) is 11.3 Å². The lowest BCUT2D eigenvalue weighted by Crippen LogP contribution is -2.23. The van der Waals surface area contributed by atoms with Crippen LogP contribution in [0.2, 0.25) is 0 Å². The molecule has 0 saturated carbocycles. The van der Waals surface area contributed by atoms with Gasteiger partial charge in [-0.15, -0.1) is 0 Å². The highest BCUT2D eigenvalue weighted by molar-refractivity contribution is 5.95. The number of hydrogen-bond donors (Lipinski definition) is 2. The summed E-state index contributed by atoms with van der Waals surface area (Å²) in [6, 6.07) is 14.1. The van der Waals surface area contributed by atoms with Crippen molar-refractivity contribution in [1.29, 1.82) is 0 Å². The zero-order valence-electron chi connectivity index (χ0n) is 14.7. The van der Waals surface area contributed by atoms with Crippen LogP contribution < -0.4 is 16.0 Å². The summed E-state index contributed by atoms with van der Waals surface area (Å²) in [4.78, 5) is 18.0. The Hall–Kier alpha value is -2.82. The third kappa shape index (κ3) is 4.38. The predicted molar refractivity (Wildman–Crippen MR) is 103 cm³/mol. The lowest BCUT2D eigenvalue weighted by molar-refractivity contribution is -0.117. The van der Waals surface area contributed by atoms with Gasteiger partial charge in [0, 0.05) is 24.3 Å². The van der Waals surface area contributed by atoms with Gasteiger partial charge in [0.1, 0.15) is 0 Å². The minimum Gasteiger partial charge on any atom is -0.370 e. The second-order valence-corrected chi connectivity index (χ2v) is 6.52. The molecule has 1 amide bonds. The van der Waals surface area contributed by atoms with E-state index in [0.29, 0.717) is 18.9 Å². The van der Waals surface area contributed by atoms with Gasteiger partial charge in [-0.3, -0.25) is 4.79 Å². The Morgan fingerprint density at radius 2 is 1.84 bits per heavy atom. The second-order valence-electron chi connectivity index (χ2n) is 6.52. The van der Waals surface area contributed by atoms with Gasteiger partial charge in [0.25, 0.3) is 0 Å². The Balaban J connectivity index is 1.61. The number of amides is 1. The highest BCUT2D eigenvalue weighted by Crippen LogP contribution is 2.21. The summed E-state index contributed by atoms with van der Waals surface area (Å²) in [5.74, 6) is 0.594. The Kier molecular flexibility index (Phi) is 5.03. The van der Waals surface area contributed by atoms with Crippen LogP contribution >= 0.6 is 0 Å². The Bertz CT molecular complexity index is 776. The zero-order chi connectivity index (χ0) is 17.8. The number of aliphatic imine (C=N–C) groups is 1. The predicted octanol–water partition coefficient (Wildman–Crippen LogP) is 3.36. The van der Waals surface area contributed by atoms with E-state index in [1.807, 2.05) is 41.3 Å². The molecule has 0 radical (unpaired) electrons. The van der Waals surface area contributed by atoms with Crippen molar-refractivity contribution in [1.82, 2.24) is 0 Å². The van der Waals surface area contributed by atoms with Crippen molar-refractivity contribution in [2.45, 2.75) is 33.2 Å². The molecule has 1 aliphatic rings. The third-order valence-electron chi connectivity index (χ3n) is 4.25. The van der Waals surface area contributed by atoms with Gasteiger partial charge in [0.05, 0.1) is 6.54 Å². The first-order valence-corrected chi connectivity index (χ1v) is 8.56. The minimum absolute atomic E-state index is 0.202. The van der Waals surface area contributed by atoms with Crippen LogP contribution in [0.3, 0.4) is 0 Å². The molecule has 5 nitrogen and oxygen atoms in total. The maximum Gasteiger partial charge on any atom is 0.227 e. The second kappa shape index (κ2) is 7.38. The van der Waals surface area contributed by atoms with E-state index in [2.05, 4.69) is 30.2 Å². The van der Waals surface area contributed by atoms with Gasteiger partial charge in [-0.25, -0.2) is 4.99 Å². The van der Waals surface area contributed by atoms with Crippen molar-refractivity contribution in [2.24, 2.45) is 10.7 Å². The number of benzene rings is 2. The van der Waals surface area contributed by atoms with Gasteiger partial charge in [0.2, 0.25) is 5.91 Å². The largest absolute Gasteiger partial charge is 0.370 e. The van der Waals surface area contributed by atoms with Gasteiger partial charge in [-0.05, 0) is 61.2 Å². The van der Waals surface area contributed by atoms with E-state index in [1.54, 1.807) is 0 Å². The normalized spacial score (nSPS) is 14.9.